The van der Waals surface area contributed by atoms with Gasteiger partial charge in [-0.25, -0.2) is 8.42 Å². The first-order valence-electron chi connectivity index (χ1n) is 8.31. The molecule has 3 aromatic rings. The number of nitrogens with one attached hydrogen (secondary N) is 2. The Hall–Kier alpha value is -2.25. The summed E-state index contributed by atoms with van der Waals surface area (Å²) in [6.45, 7) is 1.89. The average molecular weight is 470 g/mol. The molecule has 0 aliphatic carbocycles. The molecule has 29 heavy (non-hydrogen) atoms. The van der Waals surface area contributed by atoms with E-state index in [1.807, 2.05) is 6.92 Å². The molecular formula is C20H15Cl3N2O3S. The van der Waals surface area contributed by atoms with Crippen LogP contribution in [0.5, 0.6) is 0 Å². The molecule has 3 aromatic carbocycles. The van der Waals surface area contributed by atoms with E-state index in [1.54, 1.807) is 36.4 Å². The number of hydrogen-bond acceptors (Lipinski definition) is 3. The van der Waals surface area contributed by atoms with Gasteiger partial charge in [0.2, 0.25) is 0 Å². The molecule has 0 saturated heterocycles. The van der Waals surface area contributed by atoms with Crippen LogP contribution in [0.25, 0.3) is 0 Å². The maximum absolute atomic E-state index is 12.8. The largest absolute Gasteiger partial charge is 0.321 e. The number of aryl methyl sites for hydroxylation is 1. The number of anilines is 2. The highest BCUT2D eigenvalue weighted by Gasteiger charge is 2.21. The van der Waals surface area contributed by atoms with Gasteiger partial charge in [0.25, 0.3) is 15.9 Å². The van der Waals surface area contributed by atoms with Gasteiger partial charge in [0.05, 0.1) is 15.7 Å². The van der Waals surface area contributed by atoms with Crippen molar-refractivity contribution in [3.8, 4) is 0 Å². The summed E-state index contributed by atoms with van der Waals surface area (Å²) in [6, 6.07) is 15.4. The van der Waals surface area contributed by atoms with Gasteiger partial charge in [-0.05, 0) is 55.5 Å². The second kappa shape index (κ2) is 8.63. The highest BCUT2D eigenvalue weighted by Crippen LogP contribution is 2.28. The summed E-state index contributed by atoms with van der Waals surface area (Å²) in [5.74, 6) is -0.558. The Labute approximate surface area is 183 Å². The van der Waals surface area contributed by atoms with Gasteiger partial charge in [0.15, 0.2) is 0 Å². The fraction of sp³-hybridized carbons (Fsp3) is 0.0500. The summed E-state index contributed by atoms with van der Waals surface area (Å²) < 4.78 is 28.0. The van der Waals surface area contributed by atoms with Crippen LogP contribution < -0.4 is 10.0 Å². The lowest BCUT2D eigenvalue weighted by Gasteiger charge is -2.12. The van der Waals surface area contributed by atoms with E-state index >= 15 is 0 Å². The van der Waals surface area contributed by atoms with Crippen LogP contribution in [0.1, 0.15) is 15.9 Å². The van der Waals surface area contributed by atoms with Crippen LogP contribution in [0.15, 0.2) is 65.6 Å². The van der Waals surface area contributed by atoms with Crippen LogP contribution in [-0.2, 0) is 10.0 Å². The van der Waals surface area contributed by atoms with E-state index in [-0.39, 0.29) is 15.5 Å². The van der Waals surface area contributed by atoms with E-state index in [1.165, 1.54) is 24.3 Å². The third kappa shape index (κ3) is 5.22. The maximum Gasteiger partial charge on any atom is 0.263 e. The predicted octanol–water partition coefficient (Wildman–Crippen LogP) is 6.01. The molecule has 0 atom stereocenters. The summed E-state index contributed by atoms with van der Waals surface area (Å²) in [5.41, 5.74) is 1.77. The molecule has 0 aliphatic rings. The maximum atomic E-state index is 12.8. The van der Waals surface area contributed by atoms with Crippen molar-refractivity contribution in [1.29, 1.82) is 0 Å². The van der Waals surface area contributed by atoms with Crippen molar-refractivity contribution in [2.75, 3.05) is 10.0 Å². The second-order valence-electron chi connectivity index (χ2n) is 6.20. The van der Waals surface area contributed by atoms with Crippen molar-refractivity contribution < 1.29 is 13.2 Å². The van der Waals surface area contributed by atoms with Gasteiger partial charge in [-0.2, -0.15) is 0 Å². The molecule has 0 aliphatic heterocycles. The van der Waals surface area contributed by atoms with E-state index in [9.17, 15) is 13.2 Å². The number of sulfonamides is 1. The number of hydrogen-bond donors (Lipinski definition) is 2. The molecule has 0 radical (unpaired) electrons. The Bertz CT molecular complexity index is 1180. The third-order valence-corrected chi connectivity index (χ3v) is 6.39. The number of amides is 1. The quantitative estimate of drug-likeness (QED) is 0.480. The molecule has 2 N–H and O–H groups in total. The molecule has 0 heterocycles. The summed E-state index contributed by atoms with van der Waals surface area (Å²) >= 11 is 18.1. The van der Waals surface area contributed by atoms with Crippen LogP contribution in [0.4, 0.5) is 11.4 Å². The van der Waals surface area contributed by atoms with Crippen molar-refractivity contribution in [3.05, 3.63) is 86.9 Å². The van der Waals surface area contributed by atoms with Gasteiger partial charge in [-0.3, -0.25) is 9.52 Å². The molecule has 0 aromatic heterocycles. The van der Waals surface area contributed by atoms with Crippen LogP contribution in [0.2, 0.25) is 15.1 Å². The normalized spacial score (nSPS) is 11.2. The molecule has 0 bridgehead atoms. The number of benzene rings is 3. The van der Waals surface area contributed by atoms with Crippen LogP contribution >= 0.6 is 34.8 Å². The molecular weight excluding hydrogens is 455 g/mol. The Morgan fingerprint density at radius 2 is 1.52 bits per heavy atom. The first-order valence-corrected chi connectivity index (χ1v) is 10.9. The number of rotatable bonds is 5. The minimum Gasteiger partial charge on any atom is -0.321 e. The molecule has 0 saturated carbocycles. The molecule has 0 unspecified atom stereocenters. The van der Waals surface area contributed by atoms with E-state index < -0.39 is 15.9 Å². The molecule has 150 valence electrons. The predicted molar refractivity (Wildman–Crippen MR) is 118 cm³/mol. The number of carbonyl (C=O) groups excluding carboxylic acids is 1. The van der Waals surface area contributed by atoms with Crippen molar-refractivity contribution in [3.63, 3.8) is 0 Å². The van der Waals surface area contributed by atoms with Crippen molar-refractivity contribution in [2.24, 2.45) is 0 Å². The Morgan fingerprint density at radius 1 is 0.862 bits per heavy atom. The smallest absolute Gasteiger partial charge is 0.263 e. The van der Waals surface area contributed by atoms with Gasteiger partial charge in [0, 0.05) is 16.3 Å². The molecule has 0 spiro atoms. The van der Waals surface area contributed by atoms with Gasteiger partial charge >= 0.3 is 0 Å². The van der Waals surface area contributed by atoms with Gasteiger partial charge in [-0.15, -0.1) is 0 Å². The lowest BCUT2D eigenvalue weighted by Crippen LogP contribution is -2.16. The van der Waals surface area contributed by atoms with Crippen LogP contribution in [0.3, 0.4) is 0 Å². The monoisotopic (exact) mass is 468 g/mol. The van der Waals surface area contributed by atoms with Crippen molar-refractivity contribution in [1.82, 2.24) is 0 Å². The minimum absolute atomic E-state index is 0.0121. The summed E-state index contributed by atoms with van der Waals surface area (Å²) in [6.07, 6.45) is 0. The van der Waals surface area contributed by atoms with E-state index in [4.69, 9.17) is 34.8 Å². The van der Waals surface area contributed by atoms with Crippen LogP contribution in [-0.4, -0.2) is 14.3 Å². The molecule has 1 amide bonds. The Balaban J connectivity index is 1.89. The highest BCUT2D eigenvalue weighted by atomic mass is 35.5. The Morgan fingerprint density at radius 3 is 2.21 bits per heavy atom. The van der Waals surface area contributed by atoms with Crippen molar-refractivity contribution >= 4 is 62.1 Å². The fourth-order valence-corrected chi connectivity index (χ4v) is 4.39. The second-order valence-corrected chi connectivity index (χ2v) is 9.10. The number of halogens is 3. The topological polar surface area (TPSA) is 75.3 Å². The molecule has 9 heteroatoms. The first kappa shape index (κ1) is 21.5. The van der Waals surface area contributed by atoms with Gasteiger partial charge < -0.3 is 5.32 Å². The minimum atomic E-state index is -4.01. The van der Waals surface area contributed by atoms with Crippen molar-refractivity contribution in [2.45, 2.75) is 11.8 Å². The molecule has 0 fully saturated rings. The van der Waals surface area contributed by atoms with Crippen LogP contribution in [0, 0.1) is 6.92 Å². The first-order chi connectivity index (χ1) is 13.7. The number of carbonyl (C=O) groups is 1. The summed E-state index contributed by atoms with van der Waals surface area (Å²) in [5, 5.41) is 3.29. The molecule has 3 rings (SSSR count). The standard InChI is InChI=1S/C20H15Cl3N2O3S/c1-12-2-6-15(7-3-12)25-29(27,28)19-10-13(4-8-17(19)23)20(26)24-18-11-14(21)5-9-16(18)22/h2-11,25H,1H3,(H,24,26). The Kier molecular flexibility index (Phi) is 6.39. The third-order valence-electron chi connectivity index (χ3n) is 3.96. The molecule has 5 nitrogen and oxygen atoms in total. The zero-order valence-electron chi connectivity index (χ0n) is 15.0. The van der Waals surface area contributed by atoms with E-state index in [2.05, 4.69) is 10.0 Å². The SMILES string of the molecule is Cc1ccc(NS(=O)(=O)c2cc(C(=O)Nc3cc(Cl)ccc3Cl)ccc2Cl)cc1. The zero-order valence-corrected chi connectivity index (χ0v) is 18.1. The van der Waals surface area contributed by atoms with E-state index in [0.717, 1.165) is 5.56 Å². The highest BCUT2D eigenvalue weighted by molar-refractivity contribution is 7.92. The zero-order chi connectivity index (χ0) is 21.2. The van der Waals surface area contributed by atoms with E-state index in [0.29, 0.717) is 21.4 Å². The fourth-order valence-electron chi connectivity index (χ4n) is 2.47. The average Bonchev–Trinajstić information content (AvgIpc) is 2.66. The summed E-state index contributed by atoms with van der Waals surface area (Å²) in [4.78, 5) is 12.4. The van der Waals surface area contributed by atoms with Gasteiger partial charge in [-0.1, -0.05) is 52.5 Å². The van der Waals surface area contributed by atoms with Gasteiger partial charge in [0.1, 0.15) is 4.90 Å². The summed E-state index contributed by atoms with van der Waals surface area (Å²) in [7, 11) is -4.01. The lowest BCUT2D eigenvalue weighted by molar-refractivity contribution is 0.102. The lowest BCUT2D eigenvalue weighted by atomic mass is 10.2.